The maximum absolute atomic E-state index is 13.8. The molecule has 0 unspecified atom stereocenters. The number of rotatable bonds is 1. The second-order valence-corrected chi connectivity index (χ2v) is 4.00. The van der Waals surface area contributed by atoms with Crippen molar-refractivity contribution >= 4 is 10.9 Å². The van der Waals surface area contributed by atoms with Crippen LogP contribution in [0.5, 0.6) is 0 Å². The van der Waals surface area contributed by atoms with Crippen LogP contribution >= 0.6 is 0 Å². The highest BCUT2D eigenvalue weighted by molar-refractivity contribution is 5.93. The Morgan fingerprint density at radius 2 is 1.67 bits per heavy atom. The Bertz CT molecular complexity index is 717. The lowest BCUT2D eigenvalue weighted by molar-refractivity contribution is 0.585. The Kier molecular flexibility index (Phi) is 2.52. The van der Waals surface area contributed by atoms with Gasteiger partial charge in [0.2, 0.25) is 0 Å². The van der Waals surface area contributed by atoms with Gasteiger partial charge in [0.1, 0.15) is 11.6 Å². The highest BCUT2D eigenvalue weighted by Gasteiger charge is 2.09. The average molecular weight is 241 g/mol. The molecule has 0 fully saturated rings. The molecule has 1 aromatic heterocycles. The minimum Gasteiger partial charge on any atom is -0.256 e. The first-order chi connectivity index (χ1) is 8.75. The summed E-state index contributed by atoms with van der Waals surface area (Å²) in [7, 11) is 0. The maximum atomic E-state index is 13.8. The van der Waals surface area contributed by atoms with Crippen LogP contribution in [0.3, 0.4) is 0 Å². The van der Waals surface area contributed by atoms with Crippen LogP contribution in [-0.2, 0) is 0 Å². The van der Waals surface area contributed by atoms with E-state index in [4.69, 9.17) is 0 Å². The molecule has 0 aliphatic rings. The highest BCUT2D eigenvalue weighted by atomic mass is 19.1. The molecule has 0 radical (unpaired) electrons. The van der Waals surface area contributed by atoms with Crippen molar-refractivity contribution in [3.63, 3.8) is 0 Å². The number of halogens is 2. The summed E-state index contributed by atoms with van der Waals surface area (Å²) in [6.45, 7) is 0. The third kappa shape index (κ3) is 1.74. The zero-order valence-corrected chi connectivity index (χ0v) is 9.40. The summed E-state index contributed by atoms with van der Waals surface area (Å²) >= 11 is 0. The predicted molar refractivity (Wildman–Crippen MR) is 67.1 cm³/mol. The summed E-state index contributed by atoms with van der Waals surface area (Å²) in [5.74, 6) is -1.16. The monoisotopic (exact) mass is 241 g/mol. The molecule has 0 atom stereocenters. The van der Waals surface area contributed by atoms with Crippen LogP contribution in [0.2, 0.25) is 0 Å². The number of hydrogen-bond donors (Lipinski definition) is 0. The number of fused-ring (bicyclic) bond motifs is 1. The highest BCUT2D eigenvalue weighted by Crippen LogP contribution is 2.29. The van der Waals surface area contributed by atoms with Crippen LogP contribution < -0.4 is 0 Å². The quantitative estimate of drug-likeness (QED) is 0.622. The second kappa shape index (κ2) is 4.18. The Hall–Kier alpha value is -2.29. The van der Waals surface area contributed by atoms with Crippen LogP contribution in [0.15, 0.2) is 54.7 Å². The molecule has 1 nitrogen and oxygen atoms in total. The standard InChI is InChI=1S/C15H9F2N/c16-11-6-7-12(14(17)9-11)13-5-1-3-10-4-2-8-18-15(10)13/h1-9H. The van der Waals surface area contributed by atoms with E-state index in [9.17, 15) is 8.78 Å². The van der Waals surface area contributed by atoms with Gasteiger partial charge in [0, 0.05) is 28.8 Å². The second-order valence-electron chi connectivity index (χ2n) is 4.00. The molecular weight excluding hydrogens is 232 g/mol. The van der Waals surface area contributed by atoms with E-state index >= 15 is 0 Å². The van der Waals surface area contributed by atoms with Crippen molar-refractivity contribution in [1.29, 1.82) is 0 Å². The lowest BCUT2D eigenvalue weighted by Crippen LogP contribution is -1.89. The Morgan fingerprint density at radius 3 is 2.50 bits per heavy atom. The molecule has 3 aromatic rings. The van der Waals surface area contributed by atoms with Gasteiger partial charge >= 0.3 is 0 Å². The summed E-state index contributed by atoms with van der Waals surface area (Å²) < 4.78 is 26.7. The molecule has 1 heterocycles. The maximum Gasteiger partial charge on any atom is 0.134 e. The fourth-order valence-electron chi connectivity index (χ4n) is 2.03. The van der Waals surface area contributed by atoms with Gasteiger partial charge in [-0.05, 0) is 18.2 Å². The number of hydrogen-bond acceptors (Lipinski definition) is 1. The van der Waals surface area contributed by atoms with Gasteiger partial charge in [-0.3, -0.25) is 4.98 Å². The van der Waals surface area contributed by atoms with E-state index in [0.29, 0.717) is 16.6 Å². The number of pyridine rings is 1. The molecule has 0 saturated carbocycles. The molecule has 0 bridgehead atoms. The minimum atomic E-state index is -0.579. The summed E-state index contributed by atoms with van der Waals surface area (Å²) in [5.41, 5.74) is 1.75. The number of benzene rings is 2. The van der Waals surface area contributed by atoms with E-state index in [-0.39, 0.29) is 0 Å². The zero-order chi connectivity index (χ0) is 12.5. The third-order valence-corrected chi connectivity index (χ3v) is 2.85. The summed E-state index contributed by atoms with van der Waals surface area (Å²) in [6, 6.07) is 12.8. The van der Waals surface area contributed by atoms with Crippen LogP contribution in [0.4, 0.5) is 8.78 Å². The Labute approximate surface area is 103 Å². The molecule has 0 saturated heterocycles. The topological polar surface area (TPSA) is 12.9 Å². The number of nitrogens with zero attached hydrogens (tertiary/aromatic N) is 1. The van der Waals surface area contributed by atoms with Gasteiger partial charge < -0.3 is 0 Å². The zero-order valence-electron chi connectivity index (χ0n) is 9.40. The van der Waals surface area contributed by atoms with Crippen molar-refractivity contribution in [3.05, 3.63) is 66.4 Å². The number of para-hydroxylation sites is 1. The van der Waals surface area contributed by atoms with Crippen molar-refractivity contribution < 1.29 is 8.78 Å². The third-order valence-electron chi connectivity index (χ3n) is 2.85. The molecule has 3 heteroatoms. The fourth-order valence-corrected chi connectivity index (χ4v) is 2.03. The van der Waals surface area contributed by atoms with E-state index in [1.807, 2.05) is 24.3 Å². The normalized spacial score (nSPS) is 10.8. The number of aromatic nitrogens is 1. The Balaban J connectivity index is 2.31. The first-order valence-corrected chi connectivity index (χ1v) is 5.55. The molecule has 0 amide bonds. The first-order valence-electron chi connectivity index (χ1n) is 5.55. The minimum absolute atomic E-state index is 0.362. The molecule has 2 aromatic carbocycles. The predicted octanol–water partition coefficient (Wildman–Crippen LogP) is 4.18. The summed E-state index contributed by atoms with van der Waals surface area (Å²) in [5, 5.41) is 0.929. The van der Waals surface area contributed by atoms with E-state index < -0.39 is 11.6 Å². The SMILES string of the molecule is Fc1ccc(-c2cccc3cccnc23)c(F)c1. The largest absolute Gasteiger partial charge is 0.256 e. The lowest BCUT2D eigenvalue weighted by Gasteiger charge is -2.06. The van der Waals surface area contributed by atoms with Crippen molar-refractivity contribution in [1.82, 2.24) is 4.98 Å². The van der Waals surface area contributed by atoms with E-state index in [0.717, 1.165) is 11.5 Å². The van der Waals surface area contributed by atoms with E-state index in [1.165, 1.54) is 12.1 Å². The average Bonchev–Trinajstić information content (AvgIpc) is 2.38. The van der Waals surface area contributed by atoms with Crippen molar-refractivity contribution in [3.8, 4) is 11.1 Å². The molecule has 0 aliphatic carbocycles. The van der Waals surface area contributed by atoms with Gasteiger partial charge in [-0.25, -0.2) is 8.78 Å². The van der Waals surface area contributed by atoms with Crippen molar-refractivity contribution in [2.75, 3.05) is 0 Å². The molecular formula is C15H9F2N. The van der Waals surface area contributed by atoms with Gasteiger partial charge in [-0.1, -0.05) is 24.3 Å². The molecule has 88 valence electrons. The van der Waals surface area contributed by atoms with Crippen LogP contribution in [0.25, 0.3) is 22.0 Å². The smallest absolute Gasteiger partial charge is 0.134 e. The van der Waals surface area contributed by atoms with Gasteiger partial charge in [0.05, 0.1) is 5.52 Å². The lowest BCUT2D eigenvalue weighted by atomic mass is 10.0. The van der Waals surface area contributed by atoms with Crippen LogP contribution in [-0.4, -0.2) is 4.98 Å². The van der Waals surface area contributed by atoms with Crippen LogP contribution in [0, 0.1) is 11.6 Å². The van der Waals surface area contributed by atoms with Crippen molar-refractivity contribution in [2.24, 2.45) is 0 Å². The molecule has 0 aliphatic heterocycles. The summed E-state index contributed by atoms with van der Waals surface area (Å²) in [6.07, 6.45) is 1.66. The van der Waals surface area contributed by atoms with E-state index in [1.54, 1.807) is 12.3 Å². The summed E-state index contributed by atoms with van der Waals surface area (Å²) in [4.78, 5) is 4.26. The van der Waals surface area contributed by atoms with Crippen molar-refractivity contribution in [2.45, 2.75) is 0 Å². The fraction of sp³-hybridized carbons (Fsp3) is 0. The van der Waals surface area contributed by atoms with E-state index in [2.05, 4.69) is 4.98 Å². The van der Waals surface area contributed by atoms with Gasteiger partial charge in [-0.15, -0.1) is 0 Å². The molecule has 3 rings (SSSR count). The Morgan fingerprint density at radius 1 is 0.833 bits per heavy atom. The van der Waals surface area contributed by atoms with Gasteiger partial charge in [0.25, 0.3) is 0 Å². The van der Waals surface area contributed by atoms with Crippen LogP contribution in [0.1, 0.15) is 0 Å². The molecule has 0 spiro atoms. The van der Waals surface area contributed by atoms with Gasteiger partial charge in [0.15, 0.2) is 0 Å². The molecule has 0 N–H and O–H groups in total. The van der Waals surface area contributed by atoms with Gasteiger partial charge in [-0.2, -0.15) is 0 Å². The molecule has 18 heavy (non-hydrogen) atoms. The first kappa shape index (κ1) is 10.8.